The fraction of sp³-hybridized carbons (Fsp3) is 0.182. The number of hydrogen-bond donors (Lipinski definition) is 1. The molecule has 1 aromatic carbocycles. The van der Waals surface area contributed by atoms with E-state index in [1.54, 1.807) is 6.92 Å². The number of nitrogens with two attached hydrogens (primary N) is 1. The van der Waals surface area contributed by atoms with Gasteiger partial charge in [0, 0.05) is 11.1 Å². The van der Waals surface area contributed by atoms with Crippen LogP contribution >= 0.6 is 0 Å². The van der Waals surface area contributed by atoms with Crippen molar-refractivity contribution in [1.82, 2.24) is 0 Å². The lowest BCUT2D eigenvalue weighted by Crippen LogP contribution is -2.00. The molecule has 1 rings (SSSR count). The van der Waals surface area contributed by atoms with Gasteiger partial charge in [0.2, 0.25) is 0 Å². The second-order valence-corrected chi connectivity index (χ2v) is 3.00. The highest BCUT2D eigenvalue weighted by atomic mass is 19.1. The van der Waals surface area contributed by atoms with Crippen LogP contribution < -0.4 is 10.5 Å². The Morgan fingerprint density at radius 3 is 2.73 bits per heavy atom. The predicted octanol–water partition coefficient (Wildman–Crippen LogP) is 2.05. The van der Waals surface area contributed by atoms with Crippen LogP contribution in [0.2, 0.25) is 0 Å². The summed E-state index contributed by atoms with van der Waals surface area (Å²) in [6.45, 7) is 1.60. The number of nitriles is 1. The van der Waals surface area contributed by atoms with Crippen LogP contribution in [0, 0.1) is 17.1 Å². The molecule has 0 heterocycles. The summed E-state index contributed by atoms with van der Waals surface area (Å²) < 4.78 is 17.9. The Hall–Kier alpha value is -2.02. The molecule has 2 N–H and O–H groups in total. The Morgan fingerprint density at radius 2 is 2.20 bits per heavy atom. The van der Waals surface area contributed by atoms with Crippen molar-refractivity contribution in [1.29, 1.82) is 5.26 Å². The molecule has 4 heteroatoms. The third kappa shape index (κ3) is 2.26. The molecule has 78 valence electrons. The van der Waals surface area contributed by atoms with E-state index in [0.29, 0.717) is 16.8 Å². The maximum Gasteiger partial charge on any atom is 0.165 e. The Kier molecular flexibility index (Phi) is 3.29. The van der Waals surface area contributed by atoms with E-state index in [1.807, 2.05) is 6.07 Å². The van der Waals surface area contributed by atoms with Gasteiger partial charge in [-0.05, 0) is 25.1 Å². The molecular formula is C11H11FN2O. The summed E-state index contributed by atoms with van der Waals surface area (Å²) in [6, 6.07) is 6.16. The summed E-state index contributed by atoms with van der Waals surface area (Å²) in [4.78, 5) is 0. The number of allylic oxidation sites excluding steroid dienone is 1. The minimum atomic E-state index is -0.455. The molecule has 0 atom stereocenters. The van der Waals surface area contributed by atoms with E-state index in [2.05, 4.69) is 0 Å². The van der Waals surface area contributed by atoms with Crippen molar-refractivity contribution in [2.75, 3.05) is 7.11 Å². The molecule has 0 saturated heterocycles. The van der Waals surface area contributed by atoms with Crippen LogP contribution in [-0.2, 0) is 0 Å². The first-order valence-corrected chi connectivity index (χ1v) is 4.30. The van der Waals surface area contributed by atoms with Crippen molar-refractivity contribution in [2.45, 2.75) is 6.92 Å². The van der Waals surface area contributed by atoms with Gasteiger partial charge in [0.25, 0.3) is 0 Å². The zero-order valence-corrected chi connectivity index (χ0v) is 8.54. The normalized spacial score (nSPS) is 11.6. The highest BCUT2D eigenvalue weighted by molar-refractivity contribution is 5.69. The number of halogens is 1. The highest BCUT2D eigenvalue weighted by Crippen LogP contribution is 2.22. The molecule has 0 fully saturated rings. The molecule has 0 aliphatic heterocycles. The van der Waals surface area contributed by atoms with Crippen molar-refractivity contribution >= 4 is 5.70 Å². The topological polar surface area (TPSA) is 59.0 Å². The maximum atomic E-state index is 13.1. The Morgan fingerprint density at radius 1 is 1.53 bits per heavy atom. The monoisotopic (exact) mass is 206 g/mol. The standard InChI is InChI=1S/C11H11FN2O/c1-7(6-13)11(14)8-3-4-9(12)10(5-8)15-2/h3-5H,14H2,1-2H3/b11-7+. The van der Waals surface area contributed by atoms with Gasteiger partial charge >= 0.3 is 0 Å². The van der Waals surface area contributed by atoms with E-state index >= 15 is 0 Å². The third-order valence-corrected chi connectivity index (χ3v) is 2.03. The van der Waals surface area contributed by atoms with E-state index in [1.165, 1.54) is 25.3 Å². The summed E-state index contributed by atoms with van der Waals surface area (Å²) in [6.07, 6.45) is 0. The van der Waals surface area contributed by atoms with Crippen molar-refractivity contribution in [3.8, 4) is 11.8 Å². The maximum absolute atomic E-state index is 13.1. The van der Waals surface area contributed by atoms with Crippen LogP contribution in [-0.4, -0.2) is 7.11 Å². The number of ether oxygens (including phenoxy) is 1. The largest absolute Gasteiger partial charge is 0.494 e. The quantitative estimate of drug-likeness (QED) is 0.753. The molecular weight excluding hydrogens is 195 g/mol. The second-order valence-electron chi connectivity index (χ2n) is 3.00. The van der Waals surface area contributed by atoms with E-state index in [4.69, 9.17) is 15.7 Å². The average Bonchev–Trinajstić information content (AvgIpc) is 2.27. The number of nitrogens with zero attached hydrogens (tertiary/aromatic N) is 1. The summed E-state index contributed by atoms with van der Waals surface area (Å²) in [5.74, 6) is -0.343. The van der Waals surface area contributed by atoms with E-state index in [0.717, 1.165) is 0 Å². The Labute approximate surface area is 87.6 Å². The van der Waals surface area contributed by atoms with Crippen LogP contribution in [0.5, 0.6) is 5.75 Å². The zero-order valence-electron chi connectivity index (χ0n) is 8.54. The minimum Gasteiger partial charge on any atom is -0.494 e. The lowest BCUT2D eigenvalue weighted by atomic mass is 10.1. The van der Waals surface area contributed by atoms with Crippen molar-refractivity contribution in [2.24, 2.45) is 5.73 Å². The first kappa shape index (κ1) is 11.1. The highest BCUT2D eigenvalue weighted by Gasteiger charge is 2.06. The lowest BCUT2D eigenvalue weighted by Gasteiger charge is -2.06. The van der Waals surface area contributed by atoms with Crippen molar-refractivity contribution in [3.63, 3.8) is 0 Å². The van der Waals surface area contributed by atoms with Gasteiger partial charge < -0.3 is 10.5 Å². The van der Waals surface area contributed by atoms with Crippen molar-refractivity contribution in [3.05, 3.63) is 35.2 Å². The molecule has 0 aliphatic rings. The van der Waals surface area contributed by atoms with E-state index in [9.17, 15) is 4.39 Å². The SMILES string of the molecule is COc1cc(/C(N)=C(/C)C#N)ccc1F. The van der Waals surface area contributed by atoms with Crippen LogP contribution in [0.4, 0.5) is 4.39 Å². The third-order valence-electron chi connectivity index (χ3n) is 2.03. The summed E-state index contributed by atoms with van der Waals surface area (Å²) >= 11 is 0. The predicted molar refractivity (Wildman–Crippen MR) is 55.3 cm³/mol. The van der Waals surface area contributed by atoms with Gasteiger partial charge in [0.15, 0.2) is 11.6 Å². The number of methoxy groups -OCH3 is 1. The summed E-state index contributed by atoms with van der Waals surface area (Å²) in [7, 11) is 1.37. The summed E-state index contributed by atoms with van der Waals surface area (Å²) in [5, 5.41) is 8.65. The molecule has 1 aromatic rings. The van der Waals surface area contributed by atoms with Crippen LogP contribution in [0.3, 0.4) is 0 Å². The molecule has 3 nitrogen and oxygen atoms in total. The van der Waals surface area contributed by atoms with Crippen LogP contribution in [0.1, 0.15) is 12.5 Å². The van der Waals surface area contributed by atoms with Gasteiger partial charge in [-0.25, -0.2) is 4.39 Å². The molecule has 0 bridgehead atoms. The minimum absolute atomic E-state index is 0.112. The van der Waals surface area contributed by atoms with Crippen molar-refractivity contribution < 1.29 is 9.13 Å². The first-order chi connectivity index (χ1) is 7.10. The van der Waals surface area contributed by atoms with Gasteiger partial charge in [-0.1, -0.05) is 0 Å². The van der Waals surface area contributed by atoms with Gasteiger partial charge in [0.1, 0.15) is 0 Å². The fourth-order valence-electron chi connectivity index (χ4n) is 1.10. The Balaban J connectivity index is 3.24. The van der Waals surface area contributed by atoms with Gasteiger partial charge in [-0.3, -0.25) is 0 Å². The summed E-state index contributed by atoms with van der Waals surface area (Å²) in [5.41, 5.74) is 7.00. The molecule has 0 aliphatic carbocycles. The van der Waals surface area contributed by atoms with E-state index < -0.39 is 5.82 Å². The first-order valence-electron chi connectivity index (χ1n) is 4.30. The molecule has 15 heavy (non-hydrogen) atoms. The van der Waals surface area contributed by atoms with Crippen LogP contribution in [0.15, 0.2) is 23.8 Å². The zero-order chi connectivity index (χ0) is 11.4. The molecule has 0 spiro atoms. The molecule has 0 radical (unpaired) electrons. The van der Waals surface area contributed by atoms with Gasteiger partial charge in [-0.15, -0.1) is 0 Å². The van der Waals surface area contributed by atoms with Gasteiger partial charge in [-0.2, -0.15) is 5.26 Å². The molecule has 0 amide bonds. The Bertz CT molecular complexity index is 446. The fourth-order valence-corrected chi connectivity index (χ4v) is 1.10. The lowest BCUT2D eigenvalue weighted by molar-refractivity contribution is 0.386. The molecule has 0 aromatic heterocycles. The number of rotatable bonds is 2. The van der Waals surface area contributed by atoms with Gasteiger partial charge in [0.05, 0.1) is 18.9 Å². The second kappa shape index (κ2) is 4.47. The number of benzene rings is 1. The van der Waals surface area contributed by atoms with Crippen LogP contribution in [0.25, 0.3) is 5.70 Å². The smallest absolute Gasteiger partial charge is 0.165 e. The average molecular weight is 206 g/mol. The molecule has 0 saturated carbocycles. The number of hydrogen-bond acceptors (Lipinski definition) is 3. The molecule has 0 unspecified atom stereocenters. The van der Waals surface area contributed by atoms with E-state index in [-0.39, 0.29) is 5.75 Å².